The third-order valence-corrected chi connectivity index (χ3v) is 0.546. The summed E-state index contributed by atoms with van der Waals surface area (Å²) in [5.74, 6) is 0. The van der Waals surface area contributed by atoms with Gasteiger partial charge in [0, 0.05) is 0 Å². The standard InChI is InChI=1S/C5H8O2/c1-3-7-5(2)4-6/h1,3,5H,4H2,2H3. The molecule has 0 spiro atoms. The van der Waals surface area contributed by atoms with Gasteiger partial charge < -0.3 is 4.74 Å². The molecular weight excluding hydrogens is 92.1 g/mol. The molecule has 0 aromatic carbocycles. The minimum absolute atomic E-state index is 0.242. The van der Waals surface area contributed by atoms with Crippen LogP contribution in [-0.4, -0.2) is 12.7 Å². The van der Waals surface area contributed by atoms with Crippen LogP contribution in [-0.2, 0) is 9.84 Å². The van der Waals surface area contributed by atoms with E-state index in [1.54, 1.807) is 6.92 Å². The van der Waals surface area contributed by atoms with E-state index in [0.29, 0.717) is 0 Å². The molecule has 2 nitrogen and oxygen atoms in total. The third kappa shape index (κ3) is 3.33. The molecule has 0 aliphatic rings. The van der Waals surface area contributed by atoms with Crippen LogP contribution >= 0.6 is 0 Å². The minimum atomic E-state index is -0.287. The van der Waals surface area contributed by atoms with Crippen molar-refractivity contribution >= 4 is 0 Å². The number of hydrogen-bond donors (Lipinski definition) is 0. The maximum absolute atomic E-state index is 9.82. The number of hydrogen-bond acceptors (Lipinski definition) is 1. The molecular formula is C5H8O2. The predicted molar refractivity (Wildman–Crippen MR) is 25.0 cm³/mol. The summed E-state index contributed by atoms with van der Waals surface area (Å²) < 4.78 is 4.53. The molecule has 40 valence electrons. The maximum atomic E-state index is 9.82. The zero-order valence-corrected chi connectivity index (χ0v) is 4.26. The predicted octanol–water partition coefficient (Wildman–Crippen LogP) is 0.769. The third-order valence-electron chi connectivity index (χ3n) is 0.546. The second-order valence-electron chi connectivity index (χ2n) is 1.25. The summed E-state index contributed by atoms with van der Waals surface area (Å²) in [6.45, 7) is 6.24. The van der Waals surface area contributed by atoms with Crippen molar-refractivity contribution in [1.29, 1.82) is 0 Å². The zero-order valence-electron chi connectivity index (χ0n) is 4.26. The van der Waals surface area contributed by atoms with Gasteiger partial charge in [0.15, 0.2) is 0 Å². The van der Waals surface area contributed by atoms with Gasteiger partial charge in [0.25, 0.3) is 0 Å². The van der Waals surface area contributed by atoms with Gasteiger partial charge in [-0.1, -0.05) is 0 Å². The van der Waals surface area contributed by atoms with Crippen molar-refractivity contribution in [2.75, 3.05) is 6.61 Å². The Hall–Kier alpha value is -0.500. The lowest BCUT2D eigenvalue weighted by Gasteiger charge is -2.02. The molecule has 0 saturated heterocycles. The molecule has 0 amide bonds. The van der Waals surface area contributed by atoms with Crippen LogP contribution in [0.2, 0.25) is 0 Å². The average Bonchev–Trinajstić information content (AvgIpc) is 1.68. The summed E-state index contributed by atoms with van der Waals surface area (Å²) in [7, 11) is 0. The largest absolute Gasteiger partial charge is 0.496 e. The second-order valence-corrected chi connectivity index (χ2v) is 1.25. The minimum Gasteiger partial charge on any atom is -0.496 e. The van der Waals surface area contributed by atoms with Crippen LogP contribution in [0.3, 0.4) is 0 Å². The molecule has 0 aliphatic carbocycles. The summed E-state index contributed by atoms with van der Waals surface area (Å²) in [6, 6.07) is 0. The first-order valence-electron chi connectivity index (χ1n) is 2.08. The molecule has 0 heterocycles. The summed E-state index contributed by atoms with van der Waals surface area (Å²) in [6.07, 6.45) is 0.743. The zero-order chi connectivity index (χ0) is 5.70. The lowest BCUT2D eigenvalue weighted by Crippen LogP contribution is -2.07. The van der Waals surface area contributed by atoms with Crippen LogP contribution in [0.15, 0.2) is 6.26 Å². The van der Waals surface area contributed by atoms with Crippen LogP contribution in [0.25, 0.3) is 0 Å². The first-order valence-corrected chi connectivity index (χ1v) is 2.08. The molecule has 0 saturated carbocycles. The van der Waals surface area contributed by atoms with Crippen molar-refractivity contribution in [2.45, 2.75) is 13.0 Å². The van der Waals surface area contributed by atoms with Gasteiger partial charge in [-0.05, 0) is 13.5 Å². The van der Waals surface area contributed by atoms with Crippen molar-refractivity contribution in [3.8, 4) is 0 Å². The van der Waals surface area contributed by atoms with E-state index in [4.69, 9.17) is 6.58 Å². The van der Waals surface area contributed by atoms with Crippen molar-refractivity contribution in [3.05, 3.63) is 12.8 Å². The highest BCUT2D eigenvalue weighted by Gasteiger charge is 1.93. The fourth-order valence-corrected chi connectivity index (χ4v) is 0.173. The van der Waals surface area contributed by atoms with Crippen molar-refractivity contribution in [2.24, 2.45) is 0 Å². The van der Waals surface area contributed by atoms with Crippen LogP contribution < -0.4 is 0 Å². The lowest BCUT2D eigenvalue weighted by atomic mass is 10.4. The Labute approximate surface area is 43.4 Å². The Morgan fingerprint density at radius 3 is 2.71 bits per heavy atom. The molecule has 0 aliphatic heterocycles. The smallest absolute Gasteiger partial charge is 0.121 e. The number of ether oxygens (including phenoxy) is 1. The van der Waals surface area contributed by atoms with E-state index in [1.807, 2.05) is 0 Å². The molecule has 0 aromatic rings. The van der Waals surface area contributed by atoms with Gasteiger partial charge in [-0.25, -0.2) is 5.11 Å². The Morgan fingerprint density at radius 1 is 2.00 bits per heavy atom. The molecule has 1 unspecified atom stereocenters. The van der Waals surface area contributed by atoms with E-state index in [0.717, 1.165) is 6.26 Å². The molecule has 1 atom stereocenters. The molecule has 0 bridgehead atoms. The van der Waals surface area contributed by atoms with Crippen molar-refractivity contribution in [1.82, 2.24) is 0 Å². The molecule has 2 heteroatoms. The molecule has 0 aromatic heterocycles. The summed E-state index contributed by atoms with van der Waals surface area (Å²) in [4.78, 5) is 0. The Balaban J connectivity index is 2.98. The van der Waals surface area contributed by atoms with Gasteiger partial charge in [-0.2, -0.15) is 0 Å². The summed E-state index contributed by atoms with van der Waals surface area (Å²) >= 11 is 0. The number of rotatable bonds is 3. The molecule has 0 rings (SSSR count). The van der Waals surface area contributed by atoms with Crippen LogP contribution in [0.4, 0.5) is 0 Å². The maximum Gasteiger partial charge on any atom is 0.121 e. The molecule has 7 heavy (non-hydrogen) atoms. The van der Waals surface area contributed by atoms with Crippen LogP contribution in [0, 0.1) is 6.58 Å². The fraction of sp³-hybridized carbons (Fsp3) is 0.600. The van der Waals surface area contributed by atoms with E-state index in [2.05, 4.69) is 4.74 Å². The van der Waals surface area contributed by atoms with Gasteiger partial charge in [-0.3, -0.25) is 0 Å². The van der Waals surface area contributed by atoms with Gasteiger partial charge in [0.1, 0.15) is 12.7 Å². The molecule has 2 radical (unpaired) electrons. The Morgan fingerprint density at radius 2 is 2.57 bits per heavy atom. The van der Waals surface area contributed by atoms with E-state index in [9.17, 15) is 5.11 Å². The normalized spacial score (nSPS) is 12.9. The second kappa shape index (κ2) is 3.68. The van der Waals surface area contributed by atoms with Gasteiger partial charge in [0.05, 0.1) is 6.26 Å². The van der Waals surface area contributed by atoms with Crippen LogP contribution in [0.1, 0.15) is 6.92 Å². The highest BCUT2D eigenvalue weighted by molar-refractivity contribution is 4.50. The van der Waals surface area contributed by atoms with Gasteiger partial charge in [-0.15, -0.1) is 0 Å². The topological polar surface area (TPSA) is 29.1 Å². The first kappa shape index (κ1) is 6.50. The highest BCUT2D eigenvalue weighted by Crippen LogP contribution is 1.85. The van der Waals surface area contributed by atoms with Gasteiger partial charge >= 0.3 is 0 Å². The Bertz CT molecular complexity index is 52.0. The van der Waals surface area contributed by atoms with E-state index < -0.39 is 0 Å². The fourth-order valence-electron chi connectivity index (χ4n) is 0.173. The Kier molecular flexibility index (Phi) is 3.42. The first-order chi connectivity index (χ1) is 3.31. The lowest BCUT2D eigenvalue weighted by molar-refractivity contribution is 0.0547. The van der Waals surface area contributed by atoms with Crippen LogP contribution in [0.5, 0.6) is 0 Å². The van der Waals surface area contributed by atoms with Gasteiger partial charge in [0.2, 0.25) is 0 Å². The summed E-state index contributed by atoms with van der Waals surface area (Å²) in [5, 5.41) is 9.82. The van der Waals surface area contributed by atoms with E-state index >= 15 is 0 Å². The highest BCUT2D eigenvalue weighted by atomic mass is 16.5. The molecule has 0 N–H and O–H groups in total. The SMILES string of the molecule is [CH]=COC(C)C[O]. The van der Waals surface area contributed by atoms with Crippen molar-refractivity contribution in [3.63, 3.8) is 0 Å². The molecule has 0 fully saturated rings. The van der Waals surface area contributed by atoms with Crippen molar-refractivity contribution < 1.29 is 9.84 Å². The van der Waals surface area contributed by atoms with E-state index in [-0.39, 0.29) is 12.7 Å². The summed E-state index contributed by atoms with van der Waals surface area (Å²) in [5.41, 5.74) is 0. The monoisotopic (exact) mass is 100 g/mol. The average molecular weight is 100 g/mol. The van der Waals surface area contributed by atoms with E-state index in [1.165, 1.54) is 0 Å². The quantitative estimate of drug-likeness (QED) is 0.481.